The van der Waals surface area contributed by atoms with Gasteiger partial charge in [-0.3, -0.25) is 0 Å². The van der Waals surface area contributed by atoms with E-state index >= 15 is 0 Å². The van der Waals surface area contributed by atoms with Crippen LogP contribution in [0.4, 0.5) is 4.39 Å². The van der Waals surface area contributed by atoms with Crippen LogP contribution in [0.2, 0.25) is 0 Å². The average molecular weight is 273 g/mol. The maximum Gasteiger partial charge on any atom is 0.123 e. The van der Waals surface area contributed by atoms with Crippen molar-refractivity contribution in [3.05, 3.63) is 54.4 Å². The first-order valence-electron chi connectivity index (χ1n) is 7.18. The number of hydrogen-bond acceptors (Lipinski definition) is 2. The molecule has 3 nitrogen and oxygen atoms in total. The highest BCUT2D eigenvalue weighted by Gasteiger charge is 2.30. The maximum absolute atomic E-state index is 12.9. The summed E-state index contributed by atoms with van der Waals surface area (Å²) in [6.07, 6.45) is 7.92. The van der Waals surface area contributed by atoms with Crippen molar-refractivity contribution >= 4 is 0 Å². The van der Waals surface area contributed by atoms with Gasteiger partial charge in [0.1, 0.15) is 5.82 Å². The normalized spacial score (nSPS) is 23.3. The Bertz CT molecular complexity index is 529. The monoisotopic (exact) mass is 273 g/mol. The molecule has 2 aromatic rings. The summed E-state index contributed by atoms with van der Waals surface area (Å²) in [4.78, 5) is 4.05. The summed E-state index contributed by atoms with van der Waals surface area (Å²) in [5.41, 5.74) is 1.26. The molecule has 0 radical (unpaired) electrons. The fraction of sp³-hybridized carbons (Fsp3) is 0.438. The van der Waals surface area contributed by atoms with Gasteiger partial charge in [0.15, 0.2) is 0 Å². The molecular formula is C16H20FN3. The van der Waals surface area contributed by atoms with E-state index < -0.39 is 0 Å². The first-order chi connectivity index (χ1) is 9.70. The van der Waals surface area contributed by atoms with Gasteiger partial charge in [-0.2, -0.15) is 0 Å². The number of hydrogen-bond donors (Lipinski definition) is 1. The van der Waals surface area contributed by atoms with Crippen molar-refractivity contribution in [2.45, 2.75) is 44.3 Å². The predicted molar refractivity (Wildman–Crippen MR) is 77.0 cm³/mol. The van der Waals surface area contributed by atoms with Crippen molar-refractivity contribution < 1.29 is 4.39 Å². The van der Waals surface area contributed by atoms with Gasteiger partial charge >= 0.3 is 0 Å². The van der Waals surface area contributed by atoms with Crippen LogP contribution in [-0.4, -0.2) is 21.6 Å². The highest BCUT2D eigenvalue weighted by atomic mass is 19.1. The van der Waals surface area contributed by atoms with Crippen LogP contribution in [0.15, 0.2) is 43.0 Å². The second-order valence-electron chi connectivity index (χ2n) is 5.74. The van der Waals surface area contributed by atoms with E-state index in [0.717, 1.165) is 19.4 Å². The van der Waals surface area contributed by atoms with Crippen molar-refractivity contribution in [2.24, 2.45) is 0 Å². The molecule has 106 valence electrons. The fourth-order valence-corrected chi connectivity index (χ4v) is 2.93. The summed E-state index contributed by atoms with van der Waals surface area (Å²) < 4.78 is 15.0. The highest BCUT2D eigenvalue weighted by molar-refractivity contribution is 5.23. The smallest absolute Gasteiger partial charge is 0.123 e. The van der Waals surface area contributed by atoms with Gasteiger partial charge in [-0.05, 0) is 43.4 Å². The molecule has 1 saturated carbocycles. The number of rotatable bonds is 5. The van der Waals surface area contributed by atoms with Crippen LogP contribution in [0.25, 0.3) is 0 Å². The topological polar surface area (TPSA) is 29.9 Å². The summed E-state index contributed by atoms with van der Waals surface area (Å²) in [7, 11) is 0. The SMILES string of the molecule is CC(Cn1ccnc1)NC1CC(c2ccc(F)cc2)C1. The molecule has 1 fully saturated rings. The first kappa shape index (κ1) is 13.3. The van der Waals surface area contributed by atoms with E-state index in [1.54, 1.807) is 18.3 Å². The third-order valence-electron chi connectivity index (χ3n) is 4.04. The quantitative estimate of drug-likeness (QED) is 0.907. The number of nitrogens with zero attached hydrogens (tertiary/aromatic N) is 2. The molecule has 20 heavy (non-hydrogen) atoms. The third kappa shape index (κ3) is 3.07. The molecule has 0 amide bonds. The zero-order valence-corrected chi connectivity index (χ0v) is 11.7. The summed E-state index contributed by atoms with van der Waals surface area (Å²) in [6, 6.07) is 7.93. The summed E-state index contributed by atoms with van der Waals surface area (Å²) >= 11 is 0. The van der Waals surface area contributed by atoms with E-state index in [4.69, 9.17) is 0 Å². The van der Waals surface area contributed by atoms with Crippen molar-refractivity contribution in [1.82, 2.24) is 14.9 Å². The minimum atomic E-state index is -0.156. The minimum absolute atomic E-state index is 0.156. The van der Waals surface area contributed by atoms with Gasteiger partial charge in [-0.25, -0.2) is 9.37 Å². The maximum atomic E-state index is 12.9. The highest BCUT2D eigenvalue weighted by Crippen LogP contribution is 2.37. The molecule has 1 aliphatic carbocycles. The average Bonchev–Trinajstić information content (AvgIpc) is 2.87. The minimum Gasteiger partial charge on any atom is -0.336 e. The number of nitrogens with one attached hydrogen (secondary N) is 1. The Morgan fingerprint density at radius 1 is 1.35 bits per heavy atom. The molecule has 0 bridgehead atoms. The van der Waals surface area contributed by atoms with E-state index in [1.807, 2.05) is 24.7 Å². The van der Waals surface area contributed by atoms with Crippen molar-refractivity contribution in [1.29, 1.82) is 0 Å². The van der Waals surface area contributed by atoms with Crippen LogP contribution >= 0.6 is 0 Å². The Kier molecular flexibility index (Phi) is 3.83. The lowest BCUT2D eigenvalue weighted by Crippen LogP contribution is -2.45. The van der Waals surface area contributed by atoms with Crippen LogP contribution in [-0.2, 0) is 6.54 Å². The number of imidazole rings is 1. The van der Waals surface area contributed by atoms with Gasteiger partial charge in [0.2, 0.25) is 0 Å². The third-order valence-corrected chi connectivity index (χ3v) is 4.04. The number of halogens is 1. The number of benzene rings is 1. The van der Waals surface area contributed by atoms with Gasteiger partial charge in [0, 0.05) is 31.0 Å². The second-order valence-corrected chi connectivity index (χ2v) is 5.74. The predicted octanol–water partition coefficient (Wildman–Crippen LogP) is 2.95. The zero-order valence-electron chi connectivity index (χ0n) is 11.7. The molecule has 0 aliphatic heterocycles. The first-order valence-corrected chi connectivity index (χ1v) is 7.18. The molecule has 1 aromatic heterocycles. The van der Waals surface area contributed by atoms with Gasteiger partial charge in [0.25, 0.3) is 0 Å². The largest absolute Gasteiger partial charge is 0.336 e. The van der Waals surface area contributed by atoms with Gasteiger partial charge in [-0.1, -0.05) is 12.1 Å². The van der Waals surface area contributed by atoms with Crippen LogP contribution in [0, 0.1) is 5.82 Å². The van der Waals surface area contributed by atoms with Crippen molar-refractivity contribution in [3.63, 3.8) is 0 Å². The van der Waals surface area contributed by atoms with Crippen molar-refractivity contribution in [3.8, 4) is 0 Å². The lowest BCUT2D eigenvalue weighted by atomic mass is 9.75. The van der Waals surface area contributed by atoms with Crippen LogP contribution < -0.4 is 5.32 Å². The van der Waals surface area contributed by atoms with E-state index in [0.29, 0.717) is 18.0 Å². The Morgan fingerprint density at radius 3 is 2.75 bits per heavy atom. The van der Waals surface area contributed by atoms with E-state index in [9.17, 15) is 4.39 Å². The summed E-state index contributed by atoms with van der Waals surface area (Å²) in [5, 5.41) is 3.64. The van der Waals surface area contributed by atoms with E-state index in [1.165, 1.54) is 5.56 Å². The summed E-state index contributed by atoms with van der Waals surface area (Å²) in [5.74, 6) is 0.422. The molecule has 3 rings (SSSR count). The molecule has 0 spiro atoms. The van der Waals surface area contributed by atoms with Crippen LogP contribution in [0.3, 0.4) is 0 Å². The van der Waals surface area contributed by atoms with E-state index in [2.05, 4.69) is 21.8 Å². The fourth-order valence-electron chi connectivity index (χ4n) is 2.93. The Balaban J connectivity index is 1.45. The Hall–Kier alpha value is -1.68. The van der Waals surface area contributed by atoms with Crippen LogP contribution in [0.1, 0.15) is 31.2 Å². The zero-order chi connectivity index (χ0) is 13.9. The Labute approximate surface area is 118 Å². The molecule has 1 aliphatic rings. The molecule has 1 heterocycles. The molecule has 1 N–H and O–H groups in total. The lowest BCUT2D eigenvalue weighted by molar-refractivity contribution is 0.260. The van der Waals surface area contributed by atoms with Crippen LogP contribution in [0.5, 0.6) is 0 Å². The molecule has 1 atom stereocenters. The number of aromatic nitrogens is 2. The second kappa shape index (κ2) is 5.75. The van der Waals surface area contributed by atoms with Crippen molar-refractivity contribution in [2.75, 3.05) is 0 Å². The molecule has 1 aromatic carbocycles. The van der Waals surface area contributed by atoms with Gasteiger partial charge < -0.3 is 9.88 Å². The van der Waals surface area contributed by atoms with Gasteiger partial charge in [0.05, 0.1) is 6.33 Å². The molecule has 4 heteroatoms. The lowest BCUT2D eigenvalue weighted by Gasteiger charge is -2.38. The summed E-state index contributed by atoms with van der Waals surface area (Å²) in [6.45, 7) is 3.14. The Morgan fingerprint density at radius 2 is 2.10 bits per heavy atom. The standard InChI is InChI=1S/C16H20FN3/c1-12(10-20-7-6-18-11-20)19-16-8-14(9-16)13-2-4-15(17)5-3-13/h2-7,11-12,14,16,19H,8-10H2,1H3. The molecule has 0 saturated heterocycles. The molecule has 1 unspecified atom stereocenters. The molecular weight excluding hydrogens is 253 g/mol. The van der Waals surface area contributed by atoms with E-state index in [-0.39, 0.29) is 5.82 Å². The van der Waals surface area contributed by atoms with Gasteiger partial charge in [-0.15, -0.1) is 0 Å².